The molecule has 1 amide bonds. The van der Waals surface area contributed by atoms with Gasteiger partial charge in [0.1, 0.15) is 0 Å². The first-order valence-corrected chi connectivity index (χ1v) is 6.42. The third-order valence-corrected chi connectivity index (χ3v) is 3.85. The fraction of sp³-hybridized carbons (Fsp3) is 0.917. The normalized spacial score (nSPS) is 28.6. The first-order valence-electron chi connectivity index (χ1n) is 6.42. The predicted molar refractivity (Wildman–Crippen MR) is 64.0 cm³/mol. The number of nitrogens with zero attached hydrogens (tertiary/aromatic N) is 2. The molecule has 0 radical (unpaired) electrons. The van der Waals surface area contributed by atoms with Crippen LogP contribution in [0.4, 0.5) is 0 Å². The van der Waals surface area contributed by atoms with E-state index in [0.717, 1.165) is 26.2 Å². The molecule has 2 heterocycles. The summed E-state index contributed by atoms with van der Waals surface area (Å²) in [7, 11) is 0. The van der Waals surface area contributed by atoms with Gasteiger partial charge in [-0.3, -0.25) is 9.69 Å². The van der Waals surface area contributed by atoms with Gasteiger partial charge < -0.3 is 10.6 Å². The summed E-state index contributed by atoms with van der Waals surface area (Å²) in [4.78, 5) is 16.1. The molecular weight excluding hydrogens is 202 g/mol. The molecule has 92 valence electrons. The van der Waals surface area contributed by atoms with E-state index in [1.165, 1.54) is 19.3 Å². The van der Waals surface area contributed by atoms with Crippen LogP contribution in [0.15, 0.2) is 0 Å². The predicted octanol–water partition coefficient (Wildman–Crippen LogP) is 0.278. The van der Waals surface area contributed by atoms with Crippen molar-refractivity contribution in [1.82, 2.24) is 9.80 Å². The van der Waals surface area contributed by atoms with Gasteiger partial charge in [-0.1, -0.05) is 0 Å². The molecule has 2 unspecified atom stereocenters. The van der Waals surface area contributed by atoms with Crippen LogP contribution in [0, 0.1) is 5.92 Å². The Bertz CT molecular complexity index is 251. The number of amides is 1. The molecule has 4 nitrogen and oxygen atoms in total. The molecule has 0 aliphatic carbocycles. The lowest BCUT2D eigenvalue weighted by Crippen LogP contribution is -2.50. The first-order chi connectivity index (χ1) is 7.66. The Morgan fingerprint density at radius 1 is 1.38 bits per heavy atom. The molecule has 2 atom stereocenters. The van der Waals surface area contributed by atoms with Crippen LogP contribution < -0.4 is 5.73 Å². The Morgan fingerprint density at radius 3 is 2.69 bits per heavy atom. The fourth-order valence-electron chi connectivity index (χ4n) is 2.52. The zero-order valence-electron chi connectivity index (χ0n) is 10.2. The number of carbonyl (C=O) groups is 1. The quantitative estimate of drug-likeness (QED) is 0.750. The summed E-state index contributed by atoms with van der Waals surface area (Å²) in [5, 5.41) is 0. The van der Waals surface area contributed by atoms with Gasteiger partial charge in [0.25, 0.3) is 0 Å². The summed E-state index contributed by atoms with van der Waals surface area (Å²) in [6, 6.07) is 0.252. The lowest BCUT2D eigenvalue weighted by Gasteiger charge is -2.37. The number of rotatable bonds is 3. The number of nitrogens with two attached hydrogens (primary N) is 1. The molecule has 0 saturated carbocycles. The second kappa shape index (κ2) is 5.15. The molecule has 2 fully saturated rings. The van der Waals surface area contributed by atoms with E-state index in [4.69, 9.17) is 5.73 Å². The summed E-state index contributed by atoms with van der Waals surface area (Å²) in [5.41, 5.74) is 5.94. The molecule has 0 bridgehead atoms. The van der Waals surface area contributed by atoms with Gasteiger partial charge in [-0.25, -0.2) is 0 Å². The van der Waals surface area contributed by atoms with Crippen LogP contribution in [0.2, 0.25) is 0 Å². The van der Waals surface area contributed by atoms with Crippen LogP contribution in [0.5, 0.6) is 0 Å². The largest absolute Gasteiger partial charge is 0.341 e. The van der Waals surface area contributed by atoms with Crippen molar-refractivity contribution in [3.8, 4) is 0 Å². The lowest BCUT2D eigenvalue weighted by atomic mass is 9.92. The van der Waals surface area contributed by atoms with E-state index in [-0.39, 0.29) is 6.04 Å². The van der Waals surface area contributed by atoms with Crippen molar-refractivity contribution in [2.75, 3.05) is 32.7 Å². The minimum Gasteiger partial charge on any atom is -0.341 e. The van der Waals surface area contributed by atoms with Crippen molar-refractivity contribution in [1.29, 1.82) is 0 Å². The Labute approximate surface area is 97.8 Å². The van der Waals surface area contributed by atoms with Gasteiger partial charge in [-0.2, -0.15) is 0 Å². The number of carbonyl (C=O) groups excluding carboxylic acids is 1. The summed E-state index contributed by atoms with van der Waals surface area (Å²) >= 11 is 0. The molecule has 2 saturated heterocycles. The molecule has 0 spiro atoms. The Hall–Kier alpha value is -0.610. The summed E-state index contributed by atoms with van der Waals surface area (Å²) in [5.74, 6) is 0.870. The molecule has 2 N–H and O–H groups in total. The van der Waals surface area contributed by atoms with Crippen molar-refractivity contribution in [3.05, 3.63) is 0 Å². The van der Waals surface area contributed by atoms with Crippen LogP contribution >= 0.6 is 0 Å². The van der Waals surface area contributed by atoms with E-state index in [1.54, 1.807) is 0 Å². The standard InChI is InChI=1S/C12H23N3O/c1-10(13)11-4-2-5-14(8-11)9-12(16)15-6-3-7-15/h10-11H,2-9,13H2,1H3. The number of hydrogen-bond acceptors (Lipinski definition) is 3. The van der Waals surface area contributed by atoms with Crippen LogP contribution in [0.1, 0.15) is 26.2 Å². The molecule has 0 aromatic rings. The Balaban J connectivity index is 1.78. The van der Waals surface area contributed by atoms with E-state index in [2.05, 4.69) is 11.8 Å². The topological polar surface area (TPSA) is 49.6 Å². The van der Waals surface area contributed by atoms with Gasteiger partial charge in [0.05, 0.1) is 6.54 Å². The van der Waals surface area contributed by atoms with Crippen LogP contribution in [0.3, 0.4) is 0 Å². The molecule has 2 aliphatic rings. The average molecular weight is 225 g/mol. The highest BCUT2D eigenvalue weighted by Crippen LogP contribution is 2.19. The van der Waals surface area contributed by atoms with Crippen molar-refractivity contribution < 1.29 is 4.79 Å². The highest BCUT2D eigenvalue weighted by Gasteiger charge is 2.27. The molecule has 2 rings (SSSR count). The van der Waals surface area contributed by atoms with Gasteiger partial charge in [0.2, 0.25) is 5.91 Å². The zero-order chi connectivity index (χ0) is 11.5. The van der Waals surface area contributed by atoms with E-state index in [0.29, 0.717) is 18.4 Å². The Kier molecular flexibility index (Phi) is 3.82. The summed E-state index contributed by atoms with van der Waals surface area (Å²) in [6.07, 6.45) is 3.57. The second-order valence-corrected chi connectivity index (χ2v) is 5.23. The second-order valence-electron chi connectivity index (χ2n) is 5.23. The SMILES string of the molecule is CC(N)C1CCCN(CC(=O)N2CCC2)C1. The molecule has 16 heavy (non-hydrogen) atoms. The molecule has 0 aromatic carbocycles. The van der Waals surface area contributed by atoms with E-state index < -0.39 is 0 Å². The molecule has 4 heteroatoms. The smallest absolute Gasteiger partial charge is 0.236 e. The van der Waals surface area contributed by atoms with Gasteiger partial charge in [0.15, 0.2) is 0 Å². The van der Waals surface area contributed by atoms with Crippen LogP contribution in [-0.2, 0) is 4.79 Å². The summed E-state index contributed by atoms with van der Waals surface area (Å²) in [6.45, 7) is 6.65. The van der Waals surface area contributed by atoms with Gasteiger partial charge in [-0.15, -0.1) is 0 Å². The fourth-order valence-corrected chi connectivity index (χ4v) is 2.52. The lowest BCUT2D eigenvalue weighted by molar-refractivity contribution is -0.136. The number of piperidine rings is 1. The van der Waals surface area contributed by atoms with Crippen LogP contribution in [-0.4, -0.2) is 54.5 Å². The van der Waals surface area contributed by atoms with Crippen molar-refractivity contribution in [2.24, 2.45) is 11.7 Å². The third kappa shape index (κ3) is 2.74. The maximum absolute atomic E-state index is 11.8. The monoisotopic (exact) mass is 225 g/mol. The average Bonchev–Trinajstić information content (AvgIpc) is 2.15. The molecule has 2 aliphatic heterocycles. The Morgan fingerprint density at radius 2 is 2.12 bits per heavy atom. The third-order valence-electron chi connectivity index (χ3n) is 3.85. The van der Waals surface area contributed by atoms with Crippen LogP contribution in [0.25, 0.3) is 0 Å². The van der Waals surface area contributed by atoms with Crippen molar-refractivity contribution in [2.45, 2.75) is 32.2 Å². The maximum atomic E-state index is 11.8. The maximum Gasteiger partial charge on any atom is 0.236 e. The highest BCUT2D eigenvalue weighted by atomic mass is 16.2. The van der Waals surface area contributed by atoms with Gasteiger partial charge >= 0.3 is 0 Å². The number of hydrogen-bond donors (Lipinski definition) is 1. The number of likely N-dealkylation sites (tertiary alicyclic amines) is 2. The molecular formula is C12H23N3O. The first kappa shape index (κ1) is 11.9. The minimum atomic E-state index is 0.252. The van der Waals surface area contributed by atoms with Gasteiger partial charge in [-0.05, 0) is 38.6 Å². The molecule has 0 aromatic heterocycles. The van der Waals surface area contributed by atoms with E-state index in [9.17, 15) is 4.79 Å². The van der Waals surface area contributed by atoms with E-state index >= 15 is 0 Å². The van der Waals surface area contributed by atoms with Gasteiger partial charge in [0, 0.05) is 25.7 Å². The minimum absolute atomic E-state index is 0.252. The zero-order valence-corrected chi connectivity index (χ0v) is 10.2. The highest BCUT2D eigenvalue weighted by molar-refractivity contribution is 5.78. The summed E-state index contributed by atoms with van der Waals surface area (Å²) < 4.78 is 0. The van der Waals surface area contributed by atoms with E-state index in [1.807, 2.05) is 4.90 Å². The van der Waals surface area contributed by atoms with Crippen molar-refractivity contribution >= 4 is 5.91 Å². The van der Waals surface area contributed by atoms with Crippen molar-refractivity contribution in [3.63, 3.8) is 0 Å².